The van der Waals surface area contributed by atoms with Crippen LogP contribution in [0.4, 0.5) is 17.1 Å². The van der Waals surface area contributed by atoms with Gasteiger partial charge in [0.1, 0.15) is 0 Å². The summed E-state index contributed by atoms with van der Waals surface area (Å²) in [7, 11) is 0. The zero-order chi connectivity index (χ0) is 38.1. The monoisotopic (exact) mass is 713 g/mol. The smallest absolute Gasteiger partial charge is 0.247 e. The first-order chi connectivity index (χ1) is 26.5. The third-order valence-electron chi connectivity index (χ3n) is 12.4. The zero-order valence-electron chi connectivity index (χ0n) is 33.5. The molecule has 0 bridgehead atoms. The Morgan fingerprint density at radius 1 is 0.600 bits per heavy atom. The molecular weight excluding hydrogens is 661 g/mol. The van der Waals surface area contributed by atoms with Gasteiger partial charge in [-0.2, -0.15) is 0 Å². The van der Waals surface area contributed by atoms with Crippen LogP contribution in [0.25, 0.3) is 16.7 Å². The summed E-state index contributed by atoms with van der Waals surface area (Å²) in [6.07, 6.45) is 9.20. The Bertz CT molecular complexity index is 2490. The molecule has 0 N–H and O–H groups in total. The normalized spacial score (nSPS) is 17.3. The maximum atomic E-state index is 2.60. The molecule has 0 amide bonds. The number of hydrogen-bond acceptors (Lipinski definition) is 1. The van der Waals surface area contributed by atoms with Crippen molar-refractivity contribution in [2.75, 3.05) is 4.90 Å². The quantitative estimate of drug-likeness (QED) is 0.161. The van der Waals surface area contributed by atoms with Crippen LogP contribution in [0.5, 0.6) is 0 Å². The SMILES string of the molecule is CC1C=CC(c2ccccc2CC2c3cc(C(C)(C)C)ccc3B3c4ccc(C(C)(C)C)cc4N(c4ccccc4-c4ccccc4)c4cccc2c43)=CC1. The third kappa shape index (κ3) is 6.21. The summed E-state index contributed by atoms with van der Waals surface area (Å²) < 4.78 is 0. The van der Waals surface area contributed by atoms with Gasteiger partial charge in [-0.15, -0.1) is 0 Å². The molecule has 3 aliphatic rings. The molecule has 9 rings (SSSR count). The molecule has 2 atom stereocenters. The lowest BCUT2D eigenvalue weighted by Gasteiger charge is -2.44. The molecule has 2 unspecified atom stereocenters. The summed E-state index contributed by atoms with van der Waals surface area (Å²) in [6, 6.07) is 51.0. The average Bonchev–Trinajstić information content (AvgIpc) is 3.18. The van der Waals surface area contributed by atoms with Gasteiger partial charge in [0, 0.05) is 22.9 Å². The lowest BCUT2D eigenvalue weighted by Crippen LogP contribution is -2.62. The van der Waals surface area contributed by atoms with Gasteiger partial charge in [-0.05, 0) is 103 Å². The molecule has 0 radical (unpaired) electrons. The Balaban J connectivity index is 1.31. The van der Waals surface area contributed by atoms with Crippen LogP contribution in [0.15, 0.2) is 152 Å². The van der Waals surface area contributed by atoms with Crippen molar-refractivity contribution < 1.29 is 0 Å². The van der Waals surface area contributed by atoms with Crippen molar-refractivity contribution in [1.29, 1.82) is 0 Å². The van der Waals surface area contributed by atoms with Crippen LogP contribution < -0.4 is 21.3 Å². The summed E-state index contributed by atoms with van der Waals surface area (Å²) in [4.78, 5) is 2.60. The minimum atomic E-state index is 0.00729. The molecule has 0 aromatic heterocycles. The van der Waals surface area contributed by atoms with Gasteiger partial charge in [-0.25, -0.2) is 0 Å². The van der Waals surface area contributed by atoms with E-state index in [1.807, 2.05) is 0 Å². The van der Waals surface area contributed by atoms with Crippen LogP contribution in [-0.4, -0.2) is 6.71 Å². The Hall–Kier alpha value is -5.34. The molecular formula is C53H52BN. The molecule has 272 valence electrons. The van der Waals surface area contributed by atoms with E-state index in [1.54, 1.807) is 0 Å². The van der Waals surface area contributed by atoms with E-state index in [9.17, 15) is 0 Å². The highest BCUT2D eigenvalue weighted by atomic mass is 15.2. The number of anilines is 3. The largest absolute Gasteiger partial charge is 0.311 e. The maximum Gasteiger partial charge on any atom is 0.247 e. The van der Waals surface area contributed by atoms with E-state index in [0.717, 1.165) is 12.8 Å². The molecule has 1 nitrogen and oxygen atoms in total. The molecule has 0 spiro atoms. The predicted molar refractivity (Wildman–Crippen MR) is 238 cm³/mol. The number of nitrogens with zero attached hydrogens (tertiary/aromatic N) is 1. The first kappa shape index (κ1) is 35.4. The van der Waals surface area contributed by atoms with E-state index in [4.69, 9.17) is 0 Å². The first-order valence-electron chi connectivity index (χ1n) is 20.3. The molecule has 6 aromatic carbocycles. The van der Waals surface area contributed by atoms with Crippen molar-refractivity contribution in [1.82, 2.24) is 0 Å². The molecule has 0 saturated heterocycles. The molecule has 55 heavy (non-hydrogen) atoms. The molecule has 2 heterocycles. The predicted octanol–water partition coefficient (Wildman–Crippen LogP) is 11.9. The second kappa shape index (κ2) is 13.5. The topological polar surface area (TPSA) is 3.24 Å². The maximum absolute atomic E-state index is 2.60. The van der Waals surface area contributed by atoms with Crippen molar-refractivity contribution in [3.8, 4) is 11.1 Å². The molecule has 0 saturated carbocycles. The number of hydrogen-bond donors (Lipinski definition) is 0. The molecule has 1 aliphatic carbocycles. The first-order valence-corrected chi connectivity index (χ1v) is 20.3. The Morgan fingerprint density at radius 3 is 1.98 bits per heavy atom. The summed E-state index contributed by atoms with van der Waals surface area (Å²) >= 11 is 0. The Morgan fingerprint density at radius 2 is 1.25 bits per heavy atom. The van der Waals surface area contributed by atoms with Gasteiger partial charge in [-0.3, -0.25) is 0 Å². The second-order valence-corrected chi connectivity index (χ2v) is 18.2. The summed E-state index contributed by atoms with van der Waals surface area (Å²) in [6.45, 7) is 16.5. The fourth-order valence-corrected chi connectivity index (χ4v) is 9.35. The van der Waals surface area contributed by atoms with Gasteiger partial charge in [0.2, 0.25) is 6.71 Å². The van der Waals surface area contributed by atoms with E-state index in [0.29, 0.717) is 5.92 Å². The van der Waals surface area contributed by atoms with Gasteiger partial charge in [-0.1, -0.05) is 187 Å². The highest BCUT2D eigenvalue weighted by molar-refractivity contribution is 6.99. The van der Waals surface area contributed by atoms with E-state index in [2.05, 4.69) is 205 Å². The number of para-hydroxylation sites is 1. The minimum Gasteiger partial charge on any atom is -0.311 e. The van der Waals surface area contributed by atoms with Gasteiger partial charge in [0.25, 0.3) is 0 Å². The fraction of sp³-hybridized carbons (Fsp3) is 0.245. The van der Waals surface area contributed by atoms with Crippen LogP contribution in [0, 0.1) is 5.92 Å². The highest BCUT2D eigenvalue weighted by Crippen LogP contribution is 2.46. The van der Waals surface area contributed by atoms with Crippen LogP contribution in [0.3, 0.4) is 0 Å². The minimum absolute atomic E-state index is 0.00729. The van der Waals surface area contributed by atoms with Crippen molar-refractivity contribution in [3.05, 3.63) is 185 Å². The lowest BCUT2D eigenvalue weighted by atomic mass is 9.31. The van der Waals surface area contributed by atoms with Crippen LogP contribution in [-0.2, 0) is 17.3 Å². The van der Waals surface area contributed by atoms with Crippen molar-refractivity contribution in [2.24, 2.45) is 5.92 Å². The number of benzene rings is 6. The third-order valence-corrected chi connectivity index (χ3v) is 12.4. The van der Waals surface area contributed by atoms with Crippen molar-refractivity contribution in [3.63, 3.8) is 0 Å². The molecule has 6 aromatic rings. The summed E-state index contributed by atoms with van der Waals surface area (Å²) in [5.74, 6) is 0.792. The molecule has 0 fully saturated rings. The zero-order valence-corrected chi connectivity index (χ0v) is 33.5. The van der Waals surface area contributed by atoms with Crippen LogP contribution in [0.1, 0.15) is 94.2 Å². The van der Waals surface area contributed by atoms with Crippen LogP contribution >= 0.6 is 0 Å². The fourth-order valence-electron chi connectivity index (χ4n) is 9.35. The summed E-state index contributed by atoms with van der Waals surface area (Å²) in [5, 5.41) is 0. The highest BCUT2D eigenvalue weighted by Gasteiger charge is 2.44. The van der Waals surface area contributed by atoms with Crippen molar-refractivity contribution >= 4 is 45.7 Å². The van der Waals surface area contributed by atoms with Gasteiger partial charge < -0.3 is 4.90 Å². The van der Waals surface area contributed by atoms with Gasteiger partial charge in [0.05, 0.1) is 5.69 Å². The molecule has 2 heteroatoms. The van der Waals surface area contributed by atoms with Gasteiger partial charge in [0.15, 0.2) is 0 Å². The number of fused-ring (bicyclic) bond motifs is 4. The molecule has 2 aliphatic heterocycles. The Kier molecular flexibility index (Phi) is 8.65. The van der Waals surface area contributed by atoms with E-state index in [1.165, 1.54) is 83.5 Å². The van der Waals surface area contributed by atoms with Crippen LogP contribution in [0.2, 0.25) is 0 Å². The number of rotatable bonds is 5. The average molecular weight is 714 g/mol. The Labute approximate surface area is 329 Å². The lowest BCUT2D eigenvalue weighted by molar-refractivity contribution is 0.588. The van der Waals surface area contributed by atoms with E-state index >= 15 is 0 Å². The standard InChI is InChI=1S/C53H52BN/c1-35-24-26-37(27-25-35)41-19-12-11-18-38(41)32-44-43-21-15-23-49-51(43)54(46-30-28-39(33-45(44)46)52(2,3)4)47-31-29-40(53(5,6)7)34-50(47)55(49)48-22-14-13-20-42(48)36-16-9-8-10-17-36/h8-24,26-31,33-35,44H,25,32H2,1-7H3. The van der Waals surface area contributed by atoms with Crippen molar-refractivity contribution in [2.45, 2.75) is 78.1 Å². The number of allylic oxidation sites excluding steroid dienone is 4. The van der Waals surface area contributed by atoms with E-state index < -0.39 is 0 Å². The van der Waals surface area contributed by atoms with E-state index in [-0.39, 0.29) is 23.5 Å². The van der Waals surface area contributed by atoms with Gasteiger partial charge >= 0.3 is 0 Å². The summed E-state index contributed by atoms with van der Waals surface area (Å²) in [5.41, 5.74) is 20.4. The second-order valence-electron chi connectivity index (χ2n) is 18.2.